The van der Waals surface area contributed by atoms with E-state index < -0.39 is 0 Å². The fourth-order valence-corrected chi connectivity index (χ4v) is 1.79. The summed E-state index contributed by atoms with van der Waals surface area (Å²) in [6, 6.07) is 6.57. The molecule has 0 aromatic heterocycles. The minimum absolute atomic E-state index is 0.174. The summed E-state index contributed by atoms with van der Waals surface area (Å²) in [7, 11) is 0. The molecule has 1 heteroatoms. The molecule has 2 N–H and O–H groups in total. The van der Waals surface area contributed by atoms with Gasteiger partial charge in [0, 0.05) is 6.04 Å². The summed E-state index contributed by atoms with van der Waals surface area (Å²) in [5, 5.41) is 0. The summed E-state index contributed by atoms with van der Waals surface area (Å²) in [4.78, 5) is 0. The Bertz CT molecular complexity index is 339. The molecule has 0 fully saturated rings. The quantitative estimate of drug-likeness (QED) is 0.618. The summed E-state index contributed by atoms with van der Waals surface area (Å²) >= 11 is 0. The Morgan fingerprint density at radius 1 is 1.50 bits per heavy atom. The third-order valence-corrected chi connectivity index (χ3v) is 2.46. The lowest BCUT2D eigenvalue weighted by molar-refractivity contribution is 0.783. The van der Waals surface area contributed by atoms with Crippen LogP contribution in [0.15, 0.2) is 24.8 Å². The third-order valence-electron chi connectivity index (χ3n) is 2.46. The molecule has 0 radical (unpaired) electrons. The molecule has 1 unspecified atom stereocenters. The number of nitrogens with two attached hydrogens (primary N) is 1. The molecule has 1 aromatic carbocycles. The van der Waals surface area contributed by atoms with Crippen LogP contribution >= 0.6 is 0 Å². The van der Waals surface area contributed by atoms with Crippen LogP contribution in [0.5, 0.6) is 0 Å². The Morgan fingerprint density at radius 2 is 2.25 bits per heavy atom. The summed E-state index contributed by atoms with van der Waals surface area (Å²) < 4.78 is 0. The highest BCUT2D eigenvalue weighted by Crippen LogP contribution is 2.37. The summed E-state index contributed by atoms with van der Waals surface area (Å²) in [6.45, 7) is 6.10. The van der Waals surface area contributed by atoms with Crippen molar-refractivity contribution in [2.24, 2.45) is 5.73 Å². The first-order chi connectivity index (χ1) is 5.68. The number of benzene rings is 1. The maximum Gasteiger partial charge on any atom is 0.0341 e. The molecule has 1 aromatic rings. The van der Waals surface area contributed by atoms with E-state index in [-0.39, 0.29) is 6.04 Å². The van der Waals surface area contributed by atoms with Gasteiger partial charge in [-0.05, 0) is 30.0 Å². The molecule has 0 bridgehead atoms. The van der Waals surface area contributed by atoms with Crippen LogP contribution in [0.25, 0.3) is 5.57 Å². The van der Waals surface area contributed by atoms with Crippen molar-refractivity contribution >= 4 is 5.57 Å². The summed E-state index contributed by atoms with van der Waals surface area (Å²) in [5.41, 5.74) is 10.9. The highest BCUT2D eigenvalue weighted by Gasteiger charge is 2.21. The topological polar surface area (TPSA) is 26.0 Å². The number of rotatable bonds is 0. The van der Waals surface area contributed by atoms with Crippen molar-refractivity contribution in [3.8, 4) is 0 Å². The van der Waals surface area contributed by atoms with Crippen LogP contribution in [0.2, 0.25) is 0 Å². The van der Waals surface area contributed by atoms with Crippen LogP contribution in [0.3, 0.4) is 0 Å². The maximum absolute atomic E-state index is 5.93. The van der Waals surface area contributed by atoms with Gasteiger partial charge in [0.1, 0.15) is 0 Å². The van der Waals surface area contributed by atoms with Crippen LogP contribution in [-0.4, -0.2) is 0 Å². The molecule has 62 valence electrons. The van der Waals surface area contributed by atoms with E-state index in [0.29, 0.717) is 0 Å². The van der Waals surface area contributed by atoms with Crippen LogP contribution < -0.4 is 5.73 Å². The molecule has 0 saturated heterocycles. The van der Waals surface area contributed by atoms with Gasteiger partial charge in [0.15, 0.2) is 0 Å². The van der Waals surface area contributed by atoms with Gasteiger partial charge in [-0.1, -0.05) is 30.3 Å². The lowest BCUT2D eigenvalue weighted by atomic mass is 10.0. The molecule has 1 aliphatic carbocycles. The Hall–Kier alpha value is -1.08. The predicted octanol–water partition coefficient (Wildman–Crippen LogP) is 2.41. The lowest BCUT2D eigenvalue weighted by Gasteiger charge is -2.03. The zero-order valence-corrected chi connectivity index (χ0v) is 7.30. The summed E-state index contributed by atoms with van der Waals surface area (Å²) in [6.07, 6.45) is 0.915. The molecular formula is C11H13N. The van der Waals surface area contributed by atoms with Gasteiger partial charge < -0.3 is 5.73 Å². The van der Waals surface area contributed by atoms with Crippen LogP contribution in [-0.2, 0) is 0 Å². The zero-order valence-electron chi connectivity index (χ0n) is 7.30. The smallest absolute Gasteiger partial charge is 0.0341 e. The second-order valence-electron chi connectivity index (χ2n) is 3.50. The number of aryl methyl sites for hydroxylation is 1. The van der Waals surface area contributed by atoms with Gasteiger partial charge in [-0.3, -0.25) is 0 Å². The zero-order chi connectivity index (χ0) is 8.72. The lowest BCUT2D eigenvalue weighted by Crippen LogP contribution is -2.04. The van der Waals surface area contributed by atoms with Crippen LogP contribution in [0.1, 0.15) is 29.2 Å². The molecule has 0 amide bonds. The Morgan fingerprint density at radius 3 is 3.00 bits per heavy atom. The fraction of sp³-hybridized carbons (Fsp3) is 0.273. The van der Waals surface area contributed by atoms with Crippen LogP contribution in [0, 0.1) is 6.92 Å². The van der Waals surface area contributed by atoms with Crippen molar-refractivity contribution < 1.29 is 0 Å². The molecule has 1 aliphatic rings. The molecule has 0 saturated carbocycles. The van der Waals surface area contributed by atoms with E-state index in [1.54, 1.807) is 0 Å². The molecule has 1 nitrogen and oxygen atoms in total. The van der Waals surface area contributed by atoms with E-state index in [1.165, 1.54) is 22.3 Å². The van der Waals surface area contributed by atoms with Crippen molar-refractivity contribution in [2.45, 2.75) is 19.4 Å². The first-order valence-electron chi connectivity index (χ1n) is 4.23. The third kappa shape index (κ3) is 0.978. The van der Waals surface area contributed by atoms with Gasteiger partial charge in [0.25, 0.3) is 0 Å². The second-order valence-corrected chi connectivity index (χ2v) is 3.50. The number of hydrogen-bond acceptors (Lipinski definition) is 1. The Kier molecular flexibility index (Phi) is 1.55. The molecular weight excluding hydrogens is 146 g/mol. The van der Waals surface area contributed by atoms with E-state index in [9.17, 15) is 0 Å². The van der Waals surface area contributed by atoms with Crippen molar-refractivity contribution in [3.05, 3.63) is 41.5 Å². The van der Waals surface area contributed by atoms with E-state index in [0.717, 1.165) is 6.42 Å². The van der Waals surface area contributed by atoms with E-state index in [1.807, 2.05) is 0 Å². The monoisotopic (exact) mass is 159 g/mol. The first-order valence-corrected chi connectivity index (χ1v) is 4.23. The minimum Gasteiger partial charge on any atom is -0.324 e. The molecule has 0 heterocycles. The van der Waals surface area contributed by atoms with E-state index in [4.69, 9.17) is 5.73 Å². The van der Waals surface area contributed by atoms with E-state index >= 15 is 0 Å². The normalized spacial score (nSPS) is 21.2. The van der Waals surface area contributed by atoms with Gasteiger partial charge in [-0.15, -0.1) is 0 Å². The van der Waals surface area contributed by atoms with Crippen molar-refractivity contribution in [3.63, 3.8) is 0 Å². The maximum atomic E-state index is 5.93. The predicted molar refractivity (Wildman–Crippen MR) is 51.8 cm³/mol. The Balaban J connectivity index is 2.60. The van der Waals surface area contributed by atoms with Gasteiger partial charge in [0.2, 0.25) is 0 Å². The van der Waals surface area contributed by atoms with Crippen molar-refractivity contribution in [1.82, 2.24) is 0 Å². The second kappa shape index (κ2) is 2.46. The highest BCUT2D eigenvalue weighted by atomic mass is 14.6. The molecule has 1 atom stereocenters. The van der Waals surface area contributed by atoms with Gasteiger partial charge in [-0.25, -0.2) is 0 Å². The molecule has 0 spiro atoms. The van der Waals surface area contributed by atoms with Gasteiger partial charge in [-0.2, -0.15) is 0 Å². The van der Waals surface area contributed by atoms with Gasteiger partial charge in [0.05, 0.1) is 0 Å². The highest BCUT2D eigenvalue weighted by molar-refractivity contribution is 5.72. The van der Waals surface area contributed by atoms with Gasteiger partial charge >= 0.3 is 0 Å². The average molecular weight is 159 g/mol. The molecule has 12 heavy (non-hydrogen) atoms. The fourth-order valence-electron chi connectivity index (χ4n) is 1.79. The number of hydrogen-bond donors (Lipinski definition) is 1. The SMILES string of the molecule is C=C1CC(N)c2ccc(C)cc21. The van der Waals surface area contributed by atoms with Crippen molar-refractivity contribution in [1.29, 1.82) is 0 Å². The van der Waals surface area contributed by atoms with E-state index in [2.05, 4.69) is 31.7 Å². The minimum atomic E-state index is 0.174. The molecule has 0 aliphatic heterocycles. The summed E-state index contributed by atoms with van der Waals surface area (Å²) in [5.74, 6) is 0. The van der Waals surface area contributed by atoms with Crippen LogP contribution in [0.4, 0.5) is 0 Å². The standard InChI is InChI=1S/C11H13N/c1-7-3-4-9-10(5-7)8(2)6-11(9)12/h3-5,11H,2,6,12H2,1H3. The number of fused-ring (bicyclic) bond motifs is 1. The van der Waals surface area contributed by atoms with Crippen molar-refractivity contribution in [2.75, 3.05) is 0 Å². The largest absolute Gasteiger partial charge is 0.324 e. The average Bonchev–Trinajstić information content (AvgIpc) is 2.28. The Labute approximate surface area is 72.9 Å². The first kappa shape index (κ1) is 7.56. The molecule has 2 rings (SSSR count).